The molecule has 4 aromatic rings. The van der Waals surface area contributed by atoms with Gasteiger partial charge in [-0.05, 0) is 16.8 Å². The first-order valence-corrected chi connectivity index (χ1v) is 10.1. The van der Waals surface area contributed by atoms with Gasteiger partial charge in [0.25, 0.3) is 5.22 Å². The van der Waals surface area contributed by atoms with Crippen LogP contribution in [0.1, 0.15) is 0 Å². The van der Waals surface area contributed by atoms with E-state index in [2.05, 4.69) is 15.5 Å². The lowest BCUT2D eigenvalue weighted by Crippen LogP contribution is -2.14. The van der Waals surface area contributed by atoms with E-state index in [1.807, 2.05) is 42.5 Å². The number of carbonyl (C=O) groups is 1. The molecular formula is C22H19N3O4S. The molecule has 0 aliphatic rings. The highest BCUT2D eigenvalue weighted by molar-refractivity contribution is 7.99. The van der Waals surface area contributed by atoms with Crippen molar-refractivity contribution in [1.29, 1.82) is 0 Å². The van der Waals surface area contributed by atoms with Crippen molar-refractivity contribution >= 4 is 34.1 Å². The molecule has 0 atom stereocenters. The highest BCUT2D eigenvalue weighted by Crippen LogP contribution is 2.30. The Labute approximate surface area is 177 Å². The molecule has 0 spiro atoms. The van der Waals surface area contributed by atoms with Gasteiger partial charge < -0.3 is 19.2 Å². The van der Waals surface area contributed by atoms with E-state index < -0.39 is 0 Å². The first-order chi connectivity index (χ1) is 14.7. The number of benzene rings is 3. The number of ether oxygens (including phenoxy) is 2. The SMILES string of the molecule is COc1cc(NC(=O)CSc2nnc(-c3cccc4ccccc34)o2)cc(OC)c1. The number of methoxy groups -OCH3 is 2. The van der Waals surface area contributed by atoms with Crippen LogP contribution in [0.15, 0.2) is 70.3 Å². The van der Waals surface area contributed by atoms with Crippen molar-refractivity contribution in [2.45, 2.75) is 5.22 Å². The van der Waals surface area contributed by atoms with Gasteiger partial charge in [-0.1, -0.05) is 48.2 Å². The fourth-order valence-corrected chi connectivity index (χ4v) is 3.56. The van der Waals surface area contributed by atoms with Crippen LogP contribution in [-0.2, 0) is 4.79 Å². The van der Waals surface area contributed by atoms with Gasteiger partial charge in [0, 0.05) is 29.4 Å². The van der Waals surface area contributed by atoms with Crippen molar-refractivity contribution in [2.75, 3.05) is 25.3 Å². The molecule has 0 unspecified atom stereocenters. The van der Waals surface area contributed by atoms with E-state index in [-0.39, 0.29) is 11.7 Å². The van der Waals surface area contributed by atoms with Crippen LogP contribution in [0, 0.1) is 0 Å². The molecule has 8 heteroatoms. The van der Waals surface area contributed by atoms with Gasteiger partial charge in [0.1, 0.15) is 11.5 Å². The predicted molar refractivity (Wildman–Crippen MR) is 116 cm³/mol. The molecular weight excluding hydrogens is 402 g/mol. The normalized spacial score (nSPS) is 10.7. The highest BCUT2D eigenvalue weighted by atomic mass is 32.2. The third-order valence-electron chi connectivity index (χ3n) is 4.39. The summed E-state index contributed by atoms with van der Waals surface area (Å²) in [7, 11) is 3.11. The molecule has 4 rings (SSSR count). The molecule has 0 aliphatic carbocycles. The van der Waals surface area contributed by atoms with E-state index in [0.717, 1.165) is 16.3 Å². The Balaban J connectivity index is 1.43. The molecule has 0 fully saturated rings. The van der Waals surface area contributed by atoms with Crippen molar-refractivity contribution in [3.8, 4) is 23.0 Å². The van der Waals surface area contributed by atoms with Gasteiger partial charge in [-0.2, -0.15) is 0 Å². The number of rotatable bonds is 7. The number of nitrogens with one attached hydrogen (secondary N) is 1. The Morgan fingerprint density at radius 2 is 1.73 bits per heavy atom. The number of carbonyl (C=O) groups excluding carboxylic acids is 1. The zero-order valence-electron chi connectivity index (χ0n) is 16.4. The highest BCUT2D eigenvalue weighted by Gasteiger charge is 2.14. The van der Waals surface area contributed by atoms with Crippen LogP contribution in [0.3, 0.4) is 0 Å². The van der Waals surface area contributed by atoms with E-state index in [1.165, 1.54) is 11.8 Å². The van der Waals surface area contributed by atoms with Gasteiger partial charge in [-0.3, -0.25) is 4.79 Å². The Bertz CT molecular complexity index is 1160. The maximum Gasteiger partial charge on any atom is 0.277 e. The van der Waals surface area contributed by atoms with E-state index in [0.29, 0.717) is 28.3 Å². The molecule has 1 heterocycles. The van der Waals surface area contributed by atoms with Crippen LogP contribution < -0.4 is 14.8 Å². The van der Waals surface area contributed by atoms with E-state index in [9.17, 15) is 4.79 Å². The quantitative estimate of drug-likeness (QED) is 0.435. The van der Waals surface area contributed by atoms with Gasteiger partial charge in [0.15, 0.2) is 0 Å². The van der Waals surface area contributed by atoms with Crippen molar-refractivity contribution in [1.82, 2.24) is 10.2 Å². The van der Waals surface area contributed by atoms with Crippen molar-refractivity contribution < 1.29 is 18.7 Å². The van der Waals surface area contributed by atoms with Crippen molar-refractivity contribution in [2.24, 2.45) is 0 Å². The zero-order valence-corrected chi connectivity index (χ0v) is 17.2. The van der Waals surface area contributed by atoms with Crippen LogP contribution in [-0.4, -0.2) is 36.1 Å². The monoisotopic (exact) mass is 421 g/mol. The summed E-state index contributed by atoms with van der Waals surface area (Å²) in [5.41, 5.74) is 1.44. The minimum atomic E-state index is -0.208. The summed E-state index contributed by atoms with van der Waals surface area (Å²) in [6.07, 6.45) is 0. The maximum atomic E-state index is 12.3. The van der Waals surface area contributed by atoms with Crippen molar-refractivity contribution in [3.05, 3.63) is 60.7 Å². The zero-order chi connectivity index (χ0) is 20.9. The largest absolute Gasteiger partial charge is 0.497 e. The number of nitrogens with zero attached hydrogens (tertiary/aromatic N) is 2. The first kappa shape index (κ1) is 19.8. The minimum absolute atomic E-state index is 0.122. The second kappa shape index (κ2) is 8.87. The Morgan fingerprint density at radius 1 is 1.00 bits per heavy atom. The molecule has 0 aliphatic heterocycles. The standard InChI is InChI=1S/C22H19N3O4S/c1-27-16-10-15(11-17(12-16)28-2)23-20(26)13-30-22-25-24-21(29-22)19-9-5-7-14-6-3-4-8-18(14)19/h3-12H,13H2,1-2H3,(H,23,26). The molecule has 30 heavy (non-hydrogen) atoms. The summed E-state index contributed by atoms with van der Waals surface area (Å²) in [5.74, 6) is 1.52. The van der Waals surface area contributed by atoms with Gasteiger partial charge in [-0.15, -0.1) is 10.2 Å². The molecule has 152 valence electrons. The molecule has 3 aromatic carbocycles. The molecule has 0 saturated carbocycles. The smallest absolute Gasteiger partial charge is 0.277 e. The summed E-state index contributed by atoms with van der Waals surface area (Å²) in [4.78, 5) is 12.3. The first-order valence-electron chi connectivity index (χ1n) is 9.13. The number of aromatic nitrogens is 2. The van der Waals surface area contributed by atoms with Crippen molar-refractivity contribution in [3.63, 3.8) is 0 Å². The summed E-state index contributed by atoms with van der Waals surface area (Å²) in [6, 6.07) is 19.1. The molecule has 1 N–H and O–H groups in total. The van der Waals surface area contributed by atoms with Gasteiger partial charge in [-0.25, -0.2) is 0 Å². The van der Waals surface area contributed by atoms with Gasteiger partial charge in [0.2, 0.25) is 11.8 Å². The Kier molecular flexibility index (Phi) is 5.85. The van der Waals surface area contributed by atoms with Crippen LogP contribution in [0.5, 0.6) is 11.5 Å². The molecule has 1 amide bonds. The third kappa shape index (κ3) is 4.38. The van der Waals surface area contributed by atoms with E-state index in [4.69, 9.17) is 13.9 Å². The Hall–Kier alpha value is -3.52. The van der Waals surface area contributed by atoms with Crippen LogP contribution in [0.4, 0.5) is 5.69 Å². The number of hydrogen-bond acceptors (Lipinski definition) is 7. The molecule has 7 nitrogen and oxygen atoms in total. The number of anilines is 1. The second-order valence-corrected chi connectivity index (χ2v) is 7.26. The summed E-state index contributed by atoms with van der Waals surface area (Å²) < 4.78 is 16.2. The topological polar surface area (TPSA) is 86.5 Å². The van der Waals surface area contributed by atoms with Crippen LogP contribution in [0.2, 0.25) is 0 Å². The predicted octanol–water partition coefficient (Wildman–Crippen LogP) is 4.64. The lowest BCUT2D eigenvalue weighted by molar-refractivity contribution is -0.113. The Morgan fingerprint density at radius 3 is 2.50 bits per heavy atom. The number of thioether (sulfide) groups is 1. The number of hydrogen-bond donors (Lipinski definition) is 1. The summed E-state index contributed by atoms with van der Waals surface area (Å²) in [6.45, 7) is 0. The summed E-state index contributed by atoms with van der Waals surface area (Å²) >= 11 is 1.17. The lowest BCUT2D eigenvalue weighted by Gasteiger charge is -2.09. The average molecular weight is 421 g/mol. The molecule has 0 bridgehead atoms. The van der Waals surface area contributed by atoms with Crippen LogP contribution >= 0.6 is 11.8 Å². The molecule has 0 radical (unpaired) electrons. The average Bonchev–Trinajstić information content (AvgIpc) is 3.26. The van der Waals surface area contributed by atoms with Gasteiger partial charge >= 0.3 is 0 Å². The third-order valence-corrected chi connectivity index (χ3v) is 5.21. The summed E-state index contributed by atoms with van der Waals surface area (Å²) in [5, 5.41) is 13.5. The fourth-order valence-electron chi connectivity index (χ4n) is 2.99. The van der Waals surface area contributed by atoms with E-state index in [1.54, 1.807) is 32.4 Å². The molecule has 1 aromatic heterocycles. The lowest BCUT2D eigenvalue weighted by atomic mass is 10.0. The van der Waals surface area contributed by atoms with Crippen LogP contribution in [0.25, 0.3) is 22.2 Å². The van der Waals surface area contributed by atoms with Gasteiger partial charge in [0.05, 0.1) is 20.0 Å². The fraction of sp³-hybridized carbons (Fsp3) is 0.136. The molecule has 0 saturated heterocycles. The number of fused-ring (bicyclic) bond motifs is 1. The number of amides is 1. The minimum Gasteiger partial charge on any atom is -0.497 e. The van der Waals surface area contributed by atoms with E-state index >= 15 is 0 Å². The maximum absolute atomic E-state index is 12.3. The second-order valence-electron chi connectivity index (χ2n) is 6.34.